The molecule has 0 aromatic heterocycles. The second-order valence-electron chi connectivity index (χ2n) is 6.61. The molecule has 120 valence electrons. The van der Waals surface area contributed by atoms with Crippen molar-refractivity contribution in [1.29, 1.82) is 0 Å². The number of amides is 1. The van der Waals surface area contributed by atoms with Crippen molar-refractivity contribution < 1.29 is 18.8 Å². The van der Waals surface area contributed by atoms with Crippen LogP contribution in [-0.2, 0) is 14.0 Å². The van der Waals surface area contributed by atoms with E-state index in [9.17, 15) is 4.79 Å². The van der Waals surface area contributed by atoms with Gasteiger partial charge in [-0.05, 0) is 45.6 Å². The minimum Gasteiger partial charge on any atom is -0.453 e. The Balaban J connectivity index is 2.09. The van der Waals surface area contributed by atoms with Gasteiger partial charge in [-0.3, -0.25) is 0 Å². The van der Waals surface area contributed by atoms with Gasteiger partial charge in [0, 0.05) is 0 Å². The third-order valence-corrected chi connectivity index (χ3v) is 4.48. The summed E-state index contributed by atoms with van der Waals surface area (Å²) < 4.78 is 16.6. The van der Waals surface area contributed by atoms with Crippen molar-refractivity contribution in [2.75, 3.05) is 7.11 Å². The number of benzene rings is 1. The van der Waals surface area contributed by atoms with Gasteiger partial charge in [-0.1, -0.05) is 24.3 Å². The largest absolute Gasteiger partial charge is 0.494 e. The van der Waals surface area contributed by atoms with Crippen LogP contribution in [0.3, 0.4) is 0 Å². The smallest absolute Gasteiger partial charge is 0.453 e. The molecule has 1 amide bonds. The van der Waals surface area contributed by atoms with Gasteiger partial charge in [0.05, 0.1) is 24.4 Å². The Labute approximate surface area is 132 Å². The quantitative estimate of drug-likeness (QED) is 0.871. The van der Waals surface area contributed by atoms with Gasteiger partial charge < -0.3 is 19.4 Å². The summed E-state index contributed by atoms with van der Waals surface area (Å²) in [5.41, 5.74) is 1.25. The van der Waals surface area contributed by atoms with Gasteiger partial charge in [-0.25, -0.2) is 4.79 Å². The third-order valence-electron chi connectivity index (χ3n) is 4.48. The number of ether oxygens (including phenoxy) is 1. The zero-order valence-electron chi connectivity index (χ0n) is 14.1. The summed E-state index contributed by atoms with van der Waals surface area (Å²) in [7, 11) is 0.978. The summed E-state index contributed by atoms with van der Waals surface area (Å²) in [5.74, 6) is 0. The summed E-state index contributed by atoms with van der Waals surface area (Å²) in [6, 6.07) is 7.72. The first-order valence-electron chi connectivity index (χ1n) is 7.46. The molecular weight excluding hydrogens is 281 g/mol. The topological polar surface area (TPSA) is 56.8 Å². The number of methoxy groups -OCH3 is 1. The summed E-state index contributed by atoms with van der Waals surface area (Å²) in [6.45, 7) is 10.0. The van der Waals surface area contributed by atoms with E-state index in [-0.39, 0.29) is 24.4 Å². The Morgan fingerprint density at radius 1 is 1.14 bits per heavy atom. The monoisotopic (exact) mass is 305 g/mol. The van der Waals surface area contributed by atoms with E-state index in [4.69, 9.17) is 9.31 Å². The van der Waals surface area contributed by atoms with E-state index in [1.807, 2.05) is 58.9 Å². The number of alkyl carbamates (subject to hydrolysis) is 1. The first-order valence-corrected chi connectivity index (χ1v) is 7.46. The van der Waals surface area contributed by atoms with Crippen LogP contribution in [0.2, 0.25) is 0 Å². The number of hydrogen-bond acceptors (Lipinski definition) is 4. The molecule has 0 spiro atoms. The van der Waals surface area contributed by atoms with Crippen LogP contribution in [0.1, 0.15) is 46.2 Å². The molecule has 5 nitrogen and oxygen atoms in total. The Bertz CT molecular complexity index is 526. The Hall–Kier alpha value is -1.53. The lowest BCUT2D eigenvalue weighted by Crippen LogP contribution is -2.41. The predicted molar refractivity (Wildman–Crippen MR) is 86.1 cm³/mol. The molecule has 1 aliphatic heterocycles. The van der Waals surface area contributed by atoms with Crippen LogP contribution in [0.25, 0.3) is 0 Å². The van der Waals surface area contributed by atoms with Gasteiger partial charge in [-0.15, -0.1) is 0 Å². The van der Waals surface area contributed by atoms with Crippen molar-refractivity contribution >= 4 is 18.7 Å². The standard InChI is InChI=1S/C16H24BNO4/c1-11(18-14(19)20-6)12-7-9-13(10-8-12)17-21-15(2,3)16(4,5)22-17/h7-11H,1-6H3,(H,18,19)/t11-/m0/s1. The van der Waals surface area contributed by atoms with E-state index in [0.717, 1.165) is 11.0 Å². The van der Waals surface area contributed by atoms with Gasteiger partial charge in [0.2, 0.25) is 0 Å². The maximum Gasteiger partial charge on any atom is 0.494 e. The molecule has 0 radical (unpaired) electrons. The molecule has 0 bridgehead atoms. The van der Waals surface area contributed by atoms with Crippen molar-refractivity contribution in [3.05, 3.63) is 29.8 Å². The highest BCUT2D eigenvalue weighted by atomic mass is 16.7. The van der Waals surface area contributed by atoms with Crippen LogP contribution in [0.15, 0.2) is 24.3 Å². The number of carbonyl (C=O) groups is 1. The maximum absolute atomic E-state index is 11.2. The van der Waals surface area contributed by atoms with Crippen molar-refractivity contribution in [3.63, 3.8) is 0 Å². The third kappa shape index (κ3) is 3.28. The fraction of sp³-hybridized carbons (Fsp3) is 0.562. The van der Waals surface area contributed by atoms with E-state index in [2.05, 4.69) is 10.1 Å². The van der Waals surface area contributed by atoms with Crippen LogP contribution in [0.4, 0.5) is 4.79 Å². The fourth-order valence-corrected chi connectivity index (χ4v) is 2.24. The molecule has 1 N–H and O–H groups in total. The van der Waals surface area contributed by atoms with Gasteiger partial charge >= 0.3 is 13.2 Å². The van der Waals surface area contributed by atoms with Gasteiger partial charge in [0.25, 0.3) is 0 Å². The molecule has 6 heteroatoms. The van der Waals surface area contributed by atoms with Crippen molar-refractivity contribution in [3.8, 4) is 0 Å². The summed E-state index contributed by atoms with van der Waals surface area (Å²) in [4.78, 5) is 11.2. The lowest BCUT2D eigenvalue weighted by Gasteiger charge is -2.32. The van der Waals surface area contributed by atoms with E-state index < -0.39 is 6.09 Å². The summed E-state index contributed by atoms with van der Waals surface area (Å²) in [5, 5.41) is 2.74. The molecule has 2 rings (SSSR count). The minimum absolute atomic E-state index is 0.125. The van der Waals surface area contributed by atoms with Crippen LogP contribution in [0, 0.1) is 0 Å². The van der Waals surface area contributed by atoms with Crippen LogP contribution in [0.5, 0.6) is 0 Å². The molecule has 1 saturated heterocycles. The highest BCUT2D eigenvalue weighted by Crippen LogP contribution is 2.36. The lowest BCUT2D eigenvalue weighted by molar-refractivity contribution is 0.00578. The molecule has 1 heterocycles. The average molecular weight is 305 g/mol. The maximum atomic E-state index is 11.2. The highest BCUT2D eigenvalue weighted by Gasteiger charge is 2.51. The summed E-state index contributed by atoms with van der Waals surface area (Å²) in [6.07, 6.45) is -0.442. The molecule has 0 saturated carbocycles. The average Bonchev–Trinajstić information content (AvgIpc) is 2.67. The second kappa shape index (κ2) is 5.93. The molecule has 1 fully saturated rings. The molecule has 0 unspecified atom stereocenters. The van der Waals surface area contributed by atoms with E-state index in [1.54, 1.807) is 0 Å². The van der Waals surface area contributed by atoms with Crippen LogP contribution in [-0.4, -0.2) is 31.5 Å². The first-order chi connectivity index (χ1) is 10.2. The molecule has 0 aliphatic carbocycles. The predicted octanol–water partition coefficient (Wildman–Crippen LogP) is 2.40. The first kappa shape index (κ1) is 16.8. The van der Waals surface area contributed by atoms with E-state index >= 15 is 0 Å². The SMILES string of the molecule is COC(=O)N[C@@H](C)c1ccc(B2OC(C)(C)C(C)(C)O2)cc1. The van der Waals surface area contributed by atoms with Crippen molar-refractivity contribution in [1.82, 2.24) is 5.32 Å². The van der Waals surface area contributed by atoms with Crippen LogP contribution < -0.4 is 10.8 Å². The molecule has 1 aromatic carbocycles. The number of rotatable bonds is 3. The zero-order chi connectivity index (χ0) is 16.5. The number of carbonyl (C=O) groups excluding carboxylic acids is 1. The van der Waals surface area contributed by atoms with Gasteiger partial charge in [0.15, 0.2) is 0 Å². The fourth-order valence-electron chi connectivity index (χ4n) is 2.24. The Morgan fingerprint density at radius 2 is 1.64 bits per heavy atom. The van der Waals surface area contributed by atoms with E-state index in [0.29, 0.717) is 0 Å². The van der Waals surface area contributed by atoms with E-state index in [1.165, 1.54) is 7.11 Å². The minimum atomic E-state index is -0.442. The molecule has 22 heavy (non-hydrogen) atoms. The molecule has 1 aromatic rings. The Morgan fingerprint density at radius 3 is 2.09 bits per heavy atom. The highest BCUT2D eigenvalue weighted by molar-refractivity contribution is 6.62. The van der Waals surface area contributed by atoms with Crippen LogP contribution >= 0.6 is 0 Å². The van der Waals surface area contributed by atoms with Gasteiger partial charge in [0.1, 0.15) is 0 Å². The normalized spacial score (nSPS) is 20.5. The number of nitrogens with one attached hydrogen (secondary N) is 1. The Kier molecular flexibility index (Phi) is 4.54. The molecule has 1 aliphatic rings. The summed E-state index contributed by atoms with van der Waals surface area (Å²) >= 11 is 0. The van der Waals surface area contributed by atoms with Crippen molar-refractivity contribution in [2.45, 2.75) is 51.9 Å². The van der Waals surface area contributed by atoms with Gasteiger partial charge in [-0.2, -0.15) is 0 Å². The number of hydrogen-bond donors (Lipinski definition) is 1. The van der Waals surface area contributed by atoms with Crippen molar-refractivity contribution in [2.24, 2.45) is 0 Å². The molecule has 1 atom stereocenters. The second-order valence-corrected chi connectivity index (χ2v) is 6.61. The molecular formula is C16H24BNO4. The zero-order valence-corrected chi connectivity index (χ0v) is 14.1. The lowest BCUT2D eigenvalue weighted by atomic mass is 9.78.